The Morgan fingerprint density at radius 3 is 2.80 bits per heavy atom. The van der Waals surface area contributed by atoms with Crippen molar-refractivity contribution in [3.63, 3.8) is 0 Å². The van der Waals surface area contributed by atoms with E-state index in [2.05, 4.69) is 10.00 Å². The third kappa shape index (κ3) is 3.99. The van der Waals surface area contributed by atoms with Crippen LogP contribution in [0.5, 0.6) is 0 Å². The normalized spacial score (nSPS) is 19.1. The zero-order valence-corrected chi connectivity index (χ0v) is 11.5. The summed E-state index contributed by atoms with van der Waals surface area (Å²) in [5.41, 5.74) is -0.0573. The Kier molecular flexibility index (Phi) is 5.05. The maximum atomic E-state index is 10.5. The highest BCUT2D eigenvalue weighted by Gasteiger charge is 2.21. The molecule has 0 spiro atoms. The summed E-state index contributed by atoms with van der Waals surface area (Å²) in [4.78, 5) is 12.2. The van der Waals surface area contributed by atoms with Crippen molar-refractivity contribution in [1.82, 2.24) is 14.7 Å². The molecule has 20 heavy (non-hydrogen) atoms. The van der Waals surface area contributed by atoms with E-state index in [1.807, 2.05) is 0 Å². The van der Waals surface area contributed by atoms with Crippen LogP contribution in [0.3, 0.4) is 0 Å². The van der Waals surface area contributed by atoms with Gasteiger partial charge in [-0.1, -0.05) is 0 Å². The standard InChI is InChI=1S/C12H20N4O4/c1-20-12-2-4-14(5-3-12)8-11(17)9-15-7-10(6-13-15)16(18)19/h6-7,11-12,17H,2-5,8-9H2,1H3. The van der Waals surface area contributed by atoms with Gasteiger partial charge in [0, 0.05) is 26.7 Å². The van der Waals surface area contributed by atoms with E-state index in [1.165, 1.54) is 17.1 Å². The first-order valence-corrected chi connectivity index (χ1v) is 6.68. The van der Waals surface area contributed by atoms with E-state index in [9.17, 15) is 15.2 Å². The van der Waals surface area contributed by atoms with Crippen LogP contribution in [-0.4, -0.2) is 63.7 Å². The third-order valence-electron chi connectivity index (χ3n) is 3.57. The first-order chi connectivity index (χ1) is 9.58. The van der Waals surface area contributed by atoms with Crippen molar-refractivity contribution in [3.8, 4) is 0 Å². The van der Waals surface area contributed by atoms with Crippen LogP contribution in [0.4, 0.5) is 5.69 Å². The molecule has 1 saturated heterocycles. The minimum atomic E-state index is -0.589. The predicted octanol–water partition coefficient (Wildman–Crippen LogP) is 0.263. The number of likely N-dealkylation sites (tertiary alicyclic amines) is 1. The van der Waals surface area contributed by atoms with E-state index in [0.29, 0.717) is 12.6 Å². The molecular formula is C12H20N4O4. The Morgan fingerprint density at radius 2 is 2.25 bits per heavy atom. The molecule has 0 radical (unpaired) electrons. The lowest BCUT2D eigenvalue weighted by Gasteiger charge is -2.32. The van der Waals surface area contributed by atoms with Crippen LogP contribution in [-0.2, 0) is 11.3 Å². The first kappa shape index (κ1) is 14.9. The number of hydrogen-bond donors (Lipinski definition) is 1. The number of methoxy groups -OCH3 is 1. The summed E-state index contributed by atoms with van der Waals surface area (Å²) in [7, 11) is 1.72. The minimum absolute atomic E-state index is 0.0573. The van der Waals surface area contributed by atoms with Crippen molar-refractivity contribution in [3.05, 3.63) is 22.5 Å². The summed E-state index contributed by atoms with van der Waals surface area (Å²) in [6.07, 6.45) is 4.19. The van der Waals surface area contributed by atoms with Crippen LogP contribution < -0.4 is 0 Å². The minimum Gasteiger partial charge on any atom is -0.390 e. The van der Waals surface area contributed by atoms with Gasteiger partial charge in [0.2, 0.25) is 0 Å². The Bertz CT molecular complexity index is 442. The molecule has 1 atom stereocenters. The lowest BCUT2D eigenvalue weighted by molar-refractivity contribution is -0.385. The fourth-order valence-electron chi connectivity index (χ4n) is 2.45. The fourth-order valence-corrected chi connectivity index (χ4v) is 2.45. The molecule has 0 bridgehead atoms. The Labute approximate surface area is 117 Å². The molecule has 2 heterocycles. The average molecular weight is 284 g/mol. The molecule has 8 nitrogen and oxygen atoms in total. The number of aliphatic hydroxyl groups is 1. The van der Waals surface area contributed by atoms with E-state index in [-0.39, 0.29) is 12.2 Å². The van der Waals surface area contributed by atoms with Gasteiger partial charge >= 0.3 is 5.69 Å². The lowest BCUT2D eigenvalue weighted by atomic mass is 10.1. The van der Waals surface area contributed by atoms with Gasteiger partial charge in [0.25, 0.3) is 0 Å². The molecule has 0 aromatic carbocycles. The van der Waals surface area contributed by atoms with Gasteiger partial charge in [-0.05, 0) is 12.8 Å². The number of ether oxygens (including phenoxy) is 1. The van der Waals surface area contributed by atoms with Gasteiger partial charge in [0.1, 0.15) is 12.4 Å². The maximum Gasteiger partial charge on any atom is 0.306 e. The van der Waals surface area contributed by atoms with E-state index >= 15 is 0 Å². The summed E-state index contributed by atoms with van der Waals surface area (Å²) < 4.78 is 6.71. The molecule has 1 aromatic heterocycles. The molecule has 1 unspecified atom stereocenters. The van der Waals surface area contributed by atoms with Gasteiger partial charge in [0.15, 0.2) is 0 Å². The Balaban J connectivity index is 1.77. The molecule has 1 aliphatic heterocycles. The van der Waals surface area contributed by atoms with Gasteiger partial charge < -0.3 is 14.7 Å². The van der Waals surface area contributed by atoms with Gasteiger partial charge in [-0.15, -0.1) is 0 Å². The van der Waals surface area contributed by atoms with Crippen molar-refractivity contribution in [2.45, 2.75) is 31.6 Å². The van der Waals surface area contributed by atoms with Crippen molar-refractivity contribution < 1.29 is 14.8 Å². The summed E-state index contributed by atoms with van der Waals surface area (Å²) in [5.74, 6) is 0. The number of nitrogens with zero attached hydrogens (tertiary/aromatic N) is 4. The van der Waals surface area contributed by atoms with E-state index < -0.39 is 11.0 Å². The molecule has 112 valence electrons. The molecule has 1 aliphatic rings. The molecule has 1 fully saturated rings. The molecule has 2 rings (SSSR count). The number of piperidine rings is 1. The number of rotatable bonds is 6. The predicted molar refractivity (Wildman–Crippen MR) is 71.4 cm³/mol. The van der Waals surface area contributed by atoms with E-state index in [1.54, 1.807) is 7.11 Å². The number of aromatic nitrogens is 2. The van der Waals surface area contributed by atoms with Crippen LogP contribution in [0.25, 0.3) is 0 Å². The smallest absolute Gasteiger partial charge is 0.306 e. The highest BCUT2D eigenvalue weighted by molar-refractivity contribution is 5.20. The second-order valence-corrected chi connectivity index (χ2v) is 5.07. The second kappa shape index (κ2) is 6.78. The molecule has 8 heteroatoms. The van der Waals surface area contributed by atoms with Crippen LogP contribution in [0.1, 0.15) is 12.8 Å². The quantitative estimate of drug-likeness (QED) is 0.595. The van der Waals surface area contributed by atoms with Crippen LogP contribution in [0.2, 0.25) is 0 Å². The summed E-state index contributed by atoms with van der Waals surface area (Å²) in [6.45, 7) is 2.60. The topological polar surface area (TPSA) is 93.7 Å². The van der Waals surface area contributed by atoms with Crippen molar-refractivity contribution >= 4 is 5.69 Å². The monoisotopic (exact) mass is 284 g/mol. The number of β-amino-alcohol motifs (C(OH)–C–C–N with tert-alkyl or cyclic N) is 1. The Hall–Kier alpha value is -1.51. The van der Waals surface area contributed by atoms with E-state index in [0.717, 1.165) is 25.9 Å². The summed E-state index contributed by atoms with van der Waals surface area (Å²) >= 11 is 0. The summed E-state index contributed by atoms with van der Waals surface area (Å²) in [6, 6.07) is 0. The molecule has 0 aliphatic carbocycles. The number of hydrogen-bond acceptors (Lipinski definition) is 6. The van der Waals surface area contributed by atoms with Gasteiger partial charge in [-0.25, -0.2) is 0 Å². The average Bonchev–Trinajstić information content (AvgIpc) is 2.88. The van der Waals surface area contributed by atoms with Crippen molar-refractivity contribution in [2.24, 2.45) is 0 Å². The molecule has 1 aromatic rings. The zero-order chi connectivity index (χ0) is 14.5. The molecule has 1 N–H and O–H groups in total. The van der Waals surface area contributed by atoms with Crippen molar-refractivity contribution in [2.75, 3.05) is 26.7 Å². The Morgan fingerprint density at radius 1 is 1.55 bits per heavy atom. The largest absolute Gasteiger partial charge is 0.390 e. The summed E-state index contributed by atoms with van der Waals surface area (Å²) in [5, 5.41) is 24.4. The van der Waals surface area contributed by atoms with Crippen LogP contribution >= 0.6 is 0 Å². The highest BCUT2D eigenvalue weighted by atomic mass is 16.6. The lowest BCUT2D eigenvalue weighted by Crippen LogP contribution is -2.41. The molecule has 0 saturated carbocycles. The maximum absolute atomic E-state index is 10.5. The number of nitro groups is 1. The fraction of sp³-hybridized carbons (Fsp3) is 0.750. The molecular weight excluding hydrogens is 264 g/mol. The highest BCUT2D eigenvalue weighted by Crippen LogP contribution is 2.13. The molecule has 0 amide bonds. The van der Waals surface area contributed by atoms with Gasteiger partial charge in [0.05, 0.1) is 23.7 Å². The first-order valence-electron chi connectivity index (χ1n) is 6.68. The third-order valence-corrected chi connectivity index (χ3v) is 3.57. The zero-order valence-electron chi connectivity index (χ0n) is 11.5. The van der Waals surface area contributed by atoms with E-state index in [4.69, 9.17) is 4.74 Å². The van der Waals surface area contributed by atoms with Gasteiger partial charge in [-0.3, -0.25) is 14.8 Å². The second-order valence-electron chi connectivity index (χ2n) is 5.07. The van der Waals surface area contributed by atoms with Crippen molar-refractivity contribution in [1.29, 1.82) is 0 Å². The van der Waals surface area contributed by atoms with Gasteiger partial charge in [-0.2, -0.15) is 5.10 Å². The van der Waals surface area contributed by atoms with Crippen LogP contribution in [0.15, 0.2) is 12.4 Å². The number of aliphatic hydroxyl groups excluding tert-OH is 1. The van der Waals surface area contributed by atoms with Crippen LogP contribution in [0, 0.1) is 10.1 Å². The SMILES string of the molecule is COC1CCN(CC(O)Cn2cc([N+](=O)[O-])cn2)CC1.